The van der Waals surface area contributed by atoms with Crippen LogP contribution in [0.3, 0.4) is 0 Å². The molecule has 14 aliphatic rings. The molecule has 8 heterocycles. The molecule has 8 aliphatic heterocycles. The van der Waals surface area contributed by atoms with E-state index in [0.717, 1.165) is 99.0 Å². The Hall–Kier alpha value is 1.57. The van der Waals surface area contributed by atoms with Crippen LogP contribution < -0.4 is 0 Å². The first-order chi connectivity index (χ1) is 42.0. The first-order valence-corrected chi connectivity index (χ1v) is 63.7. The van der Waals surface area contributed by atoms with Crippen molar-refractivity contribution in [1.82, 2.24) is 0 Å². The fourth-order valence-electron chi connectivity index (χ4n) is 19.8. The molecule has 0 bridgehead atoms. The molecule has 0 radical (unpaired) electrons. The van der Waals surface area contributed by atoms with Crippen LogP contribution in [0, 0.1) is 35.5 Å². The SMILES string of the molecule is C[Si](C)(CC[Si]1(C)O[Si](C)(CCC2CCC3OC3C2)O[Si](C)(CCC2CCC3OC3C2)O[Si](C)(CCC2CCC3OC3C2)O1)O[Si](C)(C)CC[Si]1(C)O[Si](C)(CCC2CCC3OC3C2)O[Si](C)(CCC2CCC3OC3C2)O[Si](C)(CCC2CCC3OC3C2)O1. The van der Waals surface area contributed by atoms with Gasteiger partial charge in [-0.25, -0.2) is 0 Å². The van der Waals surface area contributed by atoms with Gasteiger partial charge in [0.25, 0.3) is 0 Å². The van der Waals surface area contributed by atoms with E-state index in [1.807, 2.05) is 0 Å². The molecule has 22 unspecified atom stereocenters. The molecule has 14 rings (SSSR count). The molecule has 0 aromatic carbocycles. The number of ether oxygens (including phenoxy) is 6. The zero-order chi connectivity index (χ0) is 62.0. The Kier molecular flexibility index (Phi) is 19.7. The number of hydrogen-bond acceptors (Lipinski definition) is 15. The van der Waals surface area contributed by atoms with Gasteiger partial charge >= 0.3 is 68.5 Å². The fourth-order valence-corrected chi connectivity index (χ4v) is 80.8. The van der Waals surface area contributed by atoms with Crippen LogP contribution in [0.2, 0.25) is 139 Å². The van der Waals surface area contributed by atoms with Gasteiger partial charge in [-0.2, -0.15) is 0 Å². The molecule has 6 saturated carbocycles. The zero-order valence-corrected chi connectivity index (χ0v) is 67.6. The quantitative estimate of drug-likeness (QED) is 0.0594. The van der Waals surface area contributed by atoms with Crippen molar-refractivity contribution in [3.05, 3.63) is 0 Å². The van der Waals surface area contributed by atoms with Gasteiger partial charge in [0, 0.05) is 0 Å². The number of hydrogen-bond donors (Lipinski definition) is 0. The minimum atomic E-state index is -2.92. The second-order valence-corrected chi connectivity index (χ2v) is 72.6. The van der Waals surface area contributed by atoms with Crippen LogP contribution in [0.25, 0.3) is 0 Å². The molecular formula is C64H122O15Si10. The summed E-state index contributed by atoms with van der Waals surface area (Å²) >= 11 is 0. The molecular weight excluding hydrogens is 1290 g/mol. The summed E-state index contributed by atoms with van der Waals surface area (Å²) in [6.45, 7) is 29.3. The lowest BCUT2D eigenvalue weighted by atomic mass is 9.88. The summed E-state index contributed by atoms with van der Waals surface area (Å²) in [7, 11) is -27.3. The van der Waals surface area contributed by atoms with Gasteiger partial charge in [0.1, 0.15) is 0 Å². The van der Waals surface area contributed by atoms with Gasteiger partial charge in [-0.3, -0.25) is 0 Å². The third-order valence-corrected chi connectivity index (χ3v) is 70.5. The molecule has 25 heteroatoms. The zero-order valence-electron chi connectivity index (χ0n) is 57.6. The van der Waals surface area contributed by atoms with E-state index in [1.54, 1.807) is 0 Å². The van der Waals surface area contributed by atoms with E-state index >= 15 is 0 Å². The topological polar surface area (TPSA) is 158 Å². The van der Waals surface area contributed by atoms with Gasteiger partial charge < -0.3 is 65.5 Å². The normalized spacial score (nSPS) is 51.5. The first kappa shape index (κ1) is 67.7. The van der Waals surface area contributed by atoms with Crippen molar-refractivity contribution in [2.24, 2.45) is 35.5 Å². The van der Waals surface area contributed by atoms with Gasteiger partial charge in [0.05, 0.1) is 73.2 Å². The molecule has 6 aliphatic carbocycles. The number of rotatable bonds is 26. The molecule has 0 amide bonds. The van der Waals surface area contributed by atoms with Crippen molar-refractivity contribution in [2.75, 3.05) is 0 Å². The van der Waals surface area contributed by atoms with Crippen molar-refractivity contribution in [1.29, 1.82) is 0 Å². The average molecular weight is 1410 g/mol. The summed E-state index contributed by atoms with van der Waals surface area (Å²) in [6.07, 6.45) is 34.6. The molecule has 0 aromatic heterocycles. The third kappa shape index (κ3) is 18.0. The minimum Gasteiger partial charge on any atom is -0.456 e. The highest BCUT2D eigenvalue weighted by Crippen LogP contribution is 2.51. The van der Waals surface area contributed by atoms with E-state index in [-0.39, 0.29) is 0 Å². The van der Waals surface area contributed by atoms with Gasteiger partial charge in [-0.1, -0.05) is 0 Å². The van der Waals surface area contributed by atoms with Crippen LogP contribution >= 0.6 is 0 Å². The third-order valence-electron chi connectivity index (χ3n) is 25.1. The van der Waals surface area contributed by atoms with Gasteiger partial charge in [0.15, 0.2) is 16.6 Å². The lowest BCUT2D eigenvalue weighted by Gasteiger charge is -2.51. The van der Waals surface area contributed by atoms with Crippen molar-refractivity contribution in [3.8, 4) is 0 Å². The van der Waals surface area contributed by atoms with E-state index in [1.165, 1.54) is 116 Å². The maximum atomic E-state index is 8.01. The van der Waals surface area contributed by atoms with Crippen molar-refractivity contribution >= 4 is 85.1 Å². The molecule has 89 heavy (non-hydrogen) atoms. The predicted octanol–water partition coefficient (Wildman–Crippen LogP) is 15.9. The Balaban J connectivity index is 0.680. The minimum absolute atomic E-state index is 0.469. The highest BCUT2D eigenvalue weighted by atomic mass is 28.5. The second-order valence-electron chi connectivity index (χ2n) is 35.1. The maximum absolute atomic E-state index is 8.01. The van der Waals surface area contributed by atoms with Crippen molar-refractivity contribution in [3.63, 3.8) is 0 Å². The summed E-state index contributed by atoms with van der Waals surface area (Å²) in [5, 5.41) is 0. The molecule has 0 N–H and O–H groups in total. The van der Waals surface area contributed by atoms with Gasteiger partial charge in [-0.05, 0) is 329 Å². The number of epoxide rings is 6. The van der Waals surface area contributed by atoms with Crippen LogP contribution in [0.5, 0.6) is 0 Å². The Morgan fingerprint density at radius 2 is 0.416 bits per heavy atom. The lowest BCUT2D eigenvalue weighted by Crippen LogP contribution is -2.67. The summed E-state index contributed by atoms with van der Waals surface area (Å²) in [6, 6.07) is 9.78. The highest BCUT2D eigenvalue weighted by molar-refractivity contribution is 6.96. The summed E-state index contributed by atoms with van der Waals surface area (Å²) in [5.74, 6) is 4.00. The molecule has 0 aromatic rings. The van der Waals surface area contributed by atoms with Crippen LogP contribution in [0.1, 0.15) is 154 Å². The maximum Gasteiger partial charge on any atom is 0.317 e. The van der Waals surface area contributed by atoms with Crippen LogP contribution in [-0.4, -0.2) is 158 Å². The van der Waals surface area contributed by atoms with Crippen molar-refractivity contribution < 1.29 is 65.5 Å². The van der Waals surface area contributed by atoms with E-state index in [2.05, 4.69) is 78.6 Å². The second kappa shape index (κ2) is 25.9. The molecule has 508 valence electrons. The largest absolute Gasteiger partial charge is 0.456 e. The van der Waals surface area contributed by atoms with Gasteiger partial charge in [0.2, 0.25) is 0 Å². The molecule has 0 spiro atoms. The molecule has 22 atom stereocenters. The van der Waals surface area contributed by atoms with E-state index in [0.29, 0.717) is 109 Å². The first-order valence-electron chi connectivity index (χ1n) is 37.3. The molecule has 8 saturated heterocycles. The predicted molar refractivity (Wildman–Crippen MR) is 369 cm³/mol. The molecule has 14 fully saturated rings. The number of fused-ring (bicyclic) bond motifs is 6. The Morgan fingerprint density at radius 3 is 0.584 bits per heavy atom. The molecule has 15 nitrogen and oxygen atoms in total. The monoisotopic (exact) mass is 1410 g/mol. The van der Waals surface area contributed by atoms with E-state index in [4.69, 9.17) is 65.5 Å². The van der Waals surface area contributed by atoms with Crippen LogP contribution in [0.15, 0.2) is 0 Å². The summed E-state index contributed by atoms with van der Waals surface area (Å²) < 4.78 is 108. The smallest absolute Gasteiger partial charge is 0.317 e. The van der Waals surface area contributed by atoms with E-state index < -0.39 is 85.1 Å². The summed E-state index contributed by atoms with van der Waals surface area (Å²) in [5.41, 5.74) is 0. The van der Waals surface area contributed by atoms with Crippen LogP contribution in [0.4, 0.5) is 0 Å². The van der Waals surface area contributed by atoms with Crippen LogP contribution in [-0.2, 0) is 65.5 Å². The van der Waals surface area contributed by atoms with Gasteiger partial charge in [-0.15, -0.1) is 0 Å². The Morgan fingerprint density at radius 1 is 0.247 bits per heavy atom. The summed E-state index contributed by atoms with van der Waals surface area (Å²) in [4.78, 5) is 0. The van der Waals surface area contributed by atoms with E-state index in [9.17, 15) is 0 Å². The Labute approximate surface area is 548 Å². The fraction of sp³-hybridized carbons (Fsp3) is 1.00. The highest BCUT2D eigenvalue weighted by Gasteiger charge is 2.61. The lowest BCUT2D eigenvalue weighted by molar-refractivity contribution is 0.212. The Bertz CT molecular complexity index is 2220. The average Bonchev–Trinajstić information content (AvgIpc) is 1.85. The van der Waals surface area contributed by atoms with Crippen molar-refractivity contribution in [2.45, 2.75) is 366 Å². The standard InChI is InChI=1S/C64H122O15Si10/c1-80(2,37-39-88(11)76-84(7,33-27-49-15-21-55-61(43-49)67-55)72-82(5,31-25-47-13-19-53-59(41-47)65-53)73-85(8,77-88)34-28-50-16-22-56-62(44-50)68-56)71-81(3,4)38-40-89(12)78-86(9,35-29-51-17-23-57-63(45-51)69-57)74-83(6,32-26-48-14-20-54-60(42-48)66-54)75-87(10,79-89)36-30-52-18-24-58-64(46-52)70-58/h47-64H,13-46H2,1-12H3.